The zero-order chi connectivity index (χ0) is 19.9. The third-order valence-electron chi connectivity index (χ3n) is 4.97. The summed E-state index contributed by atoms with van der Waals surface area (Å²) in [6.07, 6.45) is 1.67. The molecule has 1 aliphatic heterocycles. The number of hydrogen-bond acceptors (Lipinski definition) is 4. The molecular formula is C22H26N2O4. The minimum atomic E-state index is -0.829. The number of nitrogens with one attached hydrogen (secondary N) is 1. The largest absolute Gasteiger partial charge is 0.481 e. The highest BCUT2D eigenvalue weighted by Gasteiger charge is 2.21. The summed E-state index contributed by atoms with van der Waals surface area (Å²) < 4.78 is 5.59. The second-order valence-electron chi connectivity index (χ2n) is 7.17. The average molecular weight is 382 g/mol. The van der Waals surface area contributed by atoms with Gasteiger partial charge in [-0.25, -0.2) is 4.79 Å². The number of benzene rings is 2. The predicted molar refractivity (Wildman–Crippen MR) is 108 cm³/mol. The number of ether oxygens (including phenoxy) is 1. The Morgan fingerprint density at radius 1 is 1.14 bits per heavy atom. The number of hydrogen-bond donors (Lipinski definition) is 2. The standard InChI is InChI=1S/C22H26N2O4/c1-24-13-11-18(12-14-24)28-22(27)23-20-9-7-16(8-10-21(25)26)15-19(20)17-5-3-2-4-6-17/h2-7,9,15,18H,8,10-14H2,1H3,(H,23,27)(H,25,26). The molecule has 1 saturated heterocycles. The van der Waals surface area contributed by atoms with Crippen molar-refractivity contribution < 1.29 is 19.4 Å². The lowest BCUT2D eigenvalue weighted by atomic mass is 9.99. The molecule has 28 heavy (non-hydrogen) atoms. The quantitative estimate of drug-likeness (QED) is 0.789. The normalized spacial score (nSPS) is 15.2. The van der Waals surface area contributed by atoms with Gasteiger partial charge in [0.2, 0.25) is 0 Å². The van der Waals surface area contributed by atoms with Gasteiger partial charge in [0.15, 0.2) is 0 Å². The molecule has 0 radical (unpaired) electrons. The number of aliphatic carboxylic acids is 1. The summed E-state index contributed by atoms with van der Waals surface area (Å²) in [5.74, 6) is -0.829. The number of anilines is 1. The number of piperidine rings is 1. The summed E-state index contributed by atoms with van der Waals surface area (Å²) in [6, 6.07) is 15.3. The number of carboxylic acids is 1. The topological polar surface area (TPSA) is 78.9 Å². The van der Waals surface area contributed by atoms with Gasteiger partial charge < -0.3 is 14.7 Å². The molecule has 0 saturated carbocycles. The number of rotatable bonds is 6. The lowest BCUT2D eigenvalue weighted by molar-refractivity contribution is -0.136. The molecule has 1 heterocycles. The lowest BCUT2D eigenvalue weighted by Crippen LogP contribution is -2.36. The molecule has 6 heteroatoms. The molecule has 2 N–H and O–H groups in total. The van der Waals surface area contributed by atoms with Crippen LogP contribution in [0.4, 0.5) is 10.5 Å². The molecule has 0 bridgehead atoms. The maximum absolute atomic E-state index is 12.4. The molecule has 0 atom stereocenters. The number of nitrogens with zero attached hydrogens (tertiary/aromatic N) is 1. The Bertz CT molecular complexity index is 815. The Labute approximate surface area is 165 Å². The maximum Gasteiger partial charge on any atom is 0.411 e. The zero-order valence-corrected chi connectivity index (χ0v) is 16.1. The van der Waals surface area contributed by atoms with Crippen LogP contribution in [0, 0.1) is 0 Å². The van der Waals surface area contributed by atoms with Crippen molar-refractivity contribution in [2.45, 2.75) is 31.8 Å². The van der Waals surface area contributed by atoms with E-state index in [0.29, 0.717) is 12.1 Å². The fraction of sp³-hybridized carbons (Fsp3) is 0.364. The van der Waals surface area contributed by atoms with Crippen molar-refractivity contribution in [1.29, 1.82) is 0 Å². The molecule has 0 aliphatic carbocycles. The van der Waals surface area contributed by atoms with Crippen molar-refractivity contribution in [3.63, 3.8) is 0 Å². The van der Waals surface area contributed by atoms with Crippen LogP contribution in [-0.2, 0) is 16.0 Å². The summed E-state index contributed by atoms with van der Waals surface area (Å²) in [5.41, 5.74) is 3.37. The molecule has 1 fully saturated rings. The summed E-state index contributed by atoms with van der Waals surface area (Å²) in [5, 5.41) is 11.8. The molecule has 0 aromatic heterocycles. The molecule has 2 aromatic rings. The molecule has 6 nitrogen and oxygen atoms in total. The molecule has 1 amide bonds. The molecule has 1 aliphatic rings. The number of amides is 1. The zero-order valence-electron chi connectivity index (χ0n) is 16.1. The highest BCUT2D eigenvalue weighted by Crippen LogP contribution is 2.30. The van der Waals surface area contributed by atoms with E-state index in [0.717, 1.165) is 42.6 Å². The van der Waals surface area contributed by atoms with Gasteiger partial charge in [0.25, 0.3) is 0 Å². The Morgan fingerprint density at radius 2 is 1.86 bits per heavy atom. The van der Waals surface area contributed by atoms with Crippen molar-refractivity contribution in [3.05, 3.63) is 54.1 Å². The molecule has 0 spiro atoms. The first-order chi connectivity index (χ1) is 13.5. The van der Waals surface area contributed by atoms with Crippen molar-refractivity contribution >= 4 is 17.7 Å². The number of carbonyl (C=O) groups is 2. The van der Waals surface area contributed by atoms with E-state index in [-0.39, 0.29) is 12.5 Å². The van der Waals surface area contributed by atoms with E-state index < -0.39 is 12.1 Å². The van der Waals surface area contributed by atoms with Gasteiger partial charge in [-0.05, 0) is 49.6 Å². The van der Waals surface area contributed by atoms with Gasteiger partial charge in [-0.1, -0.05) is 36.4 Å². The minimum absolute atomic E-state index is 0.0637. The fourth-order valence-electron chi connectivity index (χ4n) is 3.36. The molecule has 148 valence electrons. The fourth-order valence-corrected chi connectivity index (χ4v) is 3.36. The van der Waals surface area contributed by atoms with E-state index >= 15 is 0 Å². The van der Waals surface area contributed by atoms with Crippen LogP contribution in [0.1, 0.15) is 24.8 Å². The number of likely N-dealkylation sites (tertiary alicyclic amines) is 1. The number of carbonyl (C=O) groups excluding carboxylic acids is 1. The second-order valence-corrected chi connectivity index (χ2v) is 7.17. The summed E-state index contributed by atoms with van der Waals surface area (Å²) >= 11 is 0. The SMILES string of the molecule is CN1CCC(OC(=O)Nc2ccc(CCC(=O)O)cc2-c2ccccc2)CC1. The van der Waals surface area contributed by atoms with Gasteiger partial charge in [-0.3, -0.25) is 10.1 Å². The minimum Gasteiger partial charge on any atom is -0.481 e. The third kappa shape index (κ3) is 5.57. The third-order valence-corrected chi connectivity index (χ3v) is 4.97. The first-order valence-corrected chi connectivity index (χ1v) is 9.57. The van der Waals surface area contributed by atoms with Crippen LogP contribution in [0.5, 0.6) is 0 Å². The molecule has 0 unspecified atom stereocenters. The average Bonchev–Trinajstić information content (AvgIpc) is 2.69. The highest BCUT2D eigenvalue weighted by atomic mass is 16.6. The van der Waals surface area contributed by atoms with Crippen molar-refractivity contribution in [2.24, 2.45) is 0 Å². The Balaban J connectivity index is 1.75. The van der Waals surface area contributed by atoms with Crippen LogP contribution in [0.3, 0.4) is 0 Å². The van der Waals surface area contributed by atoms with Gasteiger partial charge in [0.1, 0.15) is 6.10 Å². The molecule has 2 aromatic carbocycles. The van der Waals surface area contributed by atoms with Gasteiger partial charge >= 0.3 is 12.1 Å². The first kappa shape index (κ1) is 19.9. The van der Waals surface area contributed by atoms with Crippen molar-refractivity contribution in [3.8, 4) is 11.1 Å². The van der Waals surface area contributed by atoms with Crippen molar-refractivity contribution in [2.75, 3.05) is 25.5 Å². The van der Waals surface area contributed by atoms with E-state index in [1.807, 2.05) is 48.5 Å². The first-order valence-electron chi connectivity index (χ1n) is 9.57. The van der Waals surface area contributed by atoms with Crippen LogP contribution in [0.2, 0.25) is 0 Å². The highest BCUT2D eigenvalue weighted by molar-refractivity contribution is 5.91. The Hall–Kier alpha value is -2.86. The van der Waals surface area contributed by atoms with E-state index in [9.17, 15) is 9.59 Å². The molecular weight excluding hydrogens is 356 g/mol. The number of aryl methyl sites for hydroxylation is 1. The van der Waals surface area contributed by atoms with Crippen LogP contribution in [-0.4, -0.2) is 48.3 Å². The van der Waals surface area contributed by atoms with Crippen molar-refractivity contribution in [1.82, 2.24) is 4.90 Å². The monoisotopic (exact) mass is 382 g/mol. The van der Waals surface area contributed by atoms with Crippen LogP contribution in [0.25, 0.3) is 11.1 Å². The maximum atomic E-state index is 12.4. The van der Waals surface area contributed by atoms with E-state index in [4.69, 9.17) is 9.84 Å². The van der Waals surface area contributed by atoms with Gasteiger partial charge in [0, 0.05) is 25.1 Å². The molecule has 3 rings (SSSR count). The van der Waals surface area contributed by atoms with Gasteiger partial charge in [0.05, 0.1) is 5.69 Å². The van der Waals surface area contributed by atoms with Gasteiger partial charge in [-0.15, -0.1) is 0 Å². The van der Waals surface area contributed by atoms with E-state index in [2.05, 4.69) is 17.3 Å². The van der Waals surface area contributed by atoms with Gasteiger partial charge in [-0.2, -0.15) is 0 Å². The van der Waals surface area contributed by atoms with Crippen LogP contribution in [0.15, 0.2) is 48.5 Å². The van der Waals surface area contributed by atoms with Crippen LogP contribution < -0.4 is 5.32 Å². The Kier molecular flexibility index (Phi) is 6.66. The van der Waals surface area contributed by atoms with E-state index in [1.54, 1.807) is 0 Å². The smallest absolute Gasteiger partial charge is 0.411 e. The lowest BCUT2D eigenvalue weighted by Gasteiger charge is -2.28. The van der Waals surface area contributed by atoms with Crippen LogP contribution >= 0.6 is 0 Å². The summed E-state index contributed by atoms with van der Waals surface area (Å²) in [6.45, 7) is 1.84. The van der Waals surface area contributed by atoms with E-state index in [1.165, 1.54) is 0 Å². The summed E-state index contributed by atoms with van der Waals surface area (Å²) in [4.78, 5) is 25.5. The Morgan fingerprint density at radius 3 is 2.54 bits per heavy atom. The second kappa shape index (κ2) is 9.37. The summed E-state index contributed by atoms with van der Waals surface area (Å²) in [7, 11) is 2.06. The predicted octanol–water partition coefficient (Wildman–Crippen LogP) is 4.01. The number of carboxylic acid groups (broad SMARTS) is 1.